The number of hydrogen-bond donors (Lipinski definition) is 0. The van der Waals surface area contributed by atoms with Crippen LogP contribution in [0.5, 0.6) is 0 Å². The largest absolute Gasteiger partial charge is 0.255 e. The zero-order valence-electron chi connectivity index (χ0n) is 27.2. The molecule has 2 aromatic rings. The average molecular weight is 604 g/mol. The summed E-state index contributed by atoms with van der Waals surface area (Å²) in [7, 11) is 0. The fourth-order valence-corrected chi connectivity index (χ4v) is 5.35. The van der Waals surface area contributed by atoms with E-state index in [-0.39, 0.29) is 16.5 Å². The van der Waals surface area contributed by atoms with E-state index >= 15 is 0 Å². The molecule has 0 N–H and O–H groups in total. The van der Waals surface area contributed by atoms with Crippen LogP contribution >= 0.6 is 0 Å². The number of aliphatic imine (C=N–C) groups is 2. The summed E-state index contributed by atoms with van der Waals surface area (Å²) in [4.78, 5) is 10.2. The third-order valence-corrected chi connectivity index (χ3v) is 8.00. The zero-order valence-corrected chi connectivity index (χ0v) is 28.2. The summed E-state index contributed by atoms with van der Waals surface area (Å²) in [5.74, 6) is 0. The molecular formula is C38H60N2Ni. The standard InChI is InChI=1S/C38H60N2.Ni/c1-6-11-16-17-18-19-24-38(40-37-28-26-33(21-13-8-3)35(30-37)23-15-10-5)31-39-36-27-25-32(20-12-7-2)34(29-36)22-14-9-4;/h25-31H,6-24H2,1-5H3;. The minimum absolute atomic E-state index is 0. The Balaban J connectivity index is 0.00000840. The van der Waals surface area contributed by atoms with Gasteiger partial charge in [0, 0.05) is 22.7 Å². The molecule has 2 aromatic carbocycles. The average Bonchev–Trinajstić information content (AvgIpc) is 2.98. The molecule has 0 saturated carbocycles. The van der Waals surface area contributed by atoms with Gasteiger partial charge in [0.2, 0.25) is 0 Å². The van der Waals surface area contributed by atoms with Gasteiger partial charge >= 0.3 is 0 Å². The molecule has 41 heavy (non-hydrogen) atoms. The molecule has 0 aromatic heterocycles. The van der Waals surface area contributed by atoms with Crippen LogP contribution in [0.15, 0.2) is 46.4 Å². The number of hydrogen-bond acceptors (Lipinski definition) is 2. The Morgan fingerprint density at radius 3 is 1.49 bits per heavy atom. The minimum atomic E-state index is 0. The number of benzene rings is 2. The van der Waals surface area contributed by atoms with Gasteiger partial charge in [-0.2, -0.15) is 0 Å². The molecule has 0 amide bonds. The quantitative estimate of drug-likeness (QED) is 0.0727. The molecule has 0 bridgehead atoms. The van der Waals surface area contributed by atoms with Crippen LogP contribution in [-0.2, 0) is 42.2 Å². The van der Waals surface area contributed by atoms with Crippen molar-refractivity contribution in [1.29, 1.82) is 0 Å². The molecule has 0 aliphatic heterocycles. The number of rotatable bonds is 22. The summed E-state index contributed by atoms with van der Waals surface area (Å²) in [5, 5.41) is 0. The number of unbranched alkanes of at least 4 members (excludes halogenated alkanes) is 9. The van der Waals surface area contributed by atoms with E-state index in [1.165, 1.54) is 125 Å². The van der Waals surface area contributed by atoms with Gasteiger partial charge < -0.3 is 0 Å². The van der Waals surface area contributed by atoms with Crippen molar-refractivity contribution in [2.75, 3.05) is 0 Å². The maximum Gasteiger partial charge on any atom is 0.0636 e. The second kappa shape index (κ2) is 23.8. The van der Waals surface area contributed by atoms with Crippen molar-refractivity contribution in [3.05, 3.63) is 58.7 Å². The van der Waals surface area contributed by atoms with Crippen molar-refractivity contribution in [3.63, 3.8) is 0 Å². The molecule has 0 aliphatic carbocycles. The Morgan fingerprint density at radius 2 is 0.951 bits per heavy atom. The van der Waals surface area contributed by atoms with E-state index in [0.717, 1.165) is 36.3 Å². The summed E-state index contributed by atoms with van der Waals surface area (Å²) >= 11 is 0. The summed E-state index contributed by atoms with van der Waals surface area (Å²) in [6.45, 7) is 11.4. The smallest absolute Gasteiger partial charge is 0.0636 e. The summed E-state index contributed by atoms with van der Waals surface area (Å²) < 4.78 is 0. The molecule has 2 rings (SSSR count). The monoisotopic (exact) mass is 602 g/mol. The Morgan fingerprint density at radius 1 is 0.512 bits per heavy atom. The predicted molar refractivity (Wildman–Crippen MR) is 181 cm³/mol. The van der Waals surface area contributed by atoms with E-state index in [2.05, 4.69) is 77.2 Å². The van der Waals surface area contributed by atoms with Crippen LogP contribution in [0.2, 0.25) is 0 Å². The predicted octanol–water partition coefficient (Wildman–Crippen LogP) is 12.3. The first-order chi connectivity index (χ1) is 19.6. The molecule has 0 saturated heterocycles. The molecular weight excluding hydrogens is 543 g/mol. The Kier molecular flexibility index (Phi) is 21.6. The molecule has 0 aliphatic rings. The van der Waals surface area contributed by atoms with Gasteiger partial charge in [-0.05, 0) is 111 Å². The van der Waals surface area contributed by atoms with Crippen molar-refractivity contribution >= 4 is 23.3 Å². The number of aryl methyl sites for hydroxylation is 4. The molecule has 2 nitrogen and oxygen atoms in total. The topological polar surface area (TPSA) is 24.7 Å². The van der Waals surface area contributed by atoms with Crippen molar-refractivity contribution in [2.24, 2.45) is 9.98 Å². The molecule has 232 valence electrons. The van der Waals surface area contributed by atoms with Crippen molar-refractivity contribution < 1.29 is 16.5 Å². The zero-order chi connectivity index (χ0) is 28.8. The Bertz CT molecular complexity index is 1010. The second-order valence-electron chi connectivity index (χ2n) is 11.7. The molecule has 0 fully saturated rings. The van der Waals surface area contributed by atoms with Crippen LogP contribution in [0, 0.1) is 0 Å². The van der Waals surface area contributed by atoms with Gasteiger partial charge in [0.25, 0.3) is 0 Å². The van der Waals surface area contributed by atoms with Crippen LogP contribution in [-0.4, -0.2) is 11.9 Å². The van der Waals surface area contributed by atoms with Gasteiger partial charge in [-0.3, -0.25) is 9.98 Å². The van der Waals surface area contributed by atoms with Crippen LogP contribution < -0.4 is 0 Å². The molecule has 0 heterocycles. The Labute approximate surface area is 264 Å². The van der Waals surface area contributed by atoms with Crippen molar-refractivity contribution in [3.8, 4) is 0 Å². The number of nitrogens with zero attached hydrogens (tertiary/aromatic N) is 2. The maximum atomic E-state index is 5.20. The van der Waals surface area contributed by atoms with E-state index in [9.17, 15) is 0 Å². The van der Waals surface area contributed by atoms with Crippen LogP contribution in [0.1, 0.15) is 153 Å². The summed E-state index contributed by atoms with van der Waals surface area (Å²) in [6, 6.07) is 13.8. The minimum Gasteiger partial charge on any atom is -0.255 e. The third kappa shape index (κ3) is 15.4. The first-order valence-electron chi connectivity index (χ1n) is 17.0. The van der Waals surface area contributed by atoms with Gasteiger partial charge in [0.1, 0.15) is 0 Å². The fraction of sp³-hybridized carbons (Fsp3) is 0.632. The Hall–Kier alpha value is -1.73. The normalized spacial score (nSPS) is 11.8. The fourth-order valence-electron chi connectivity index (χ4n) is 5.35. The van der Waals surface area contributed by atoms with E-state index < -0.39 is 0 Å². The van der Waals surface area contributed by atoms with E-state index in [1.807, 2.05) is 0 Å². The van der Waals surface area contributed by atoms with E-state index in [4.69, 9.17) is 9.98 Å². The molecule has 0 atom stereocenters. The van der Waals surface area contributed by atoms with E-state index in [0.29, 0.717) is 0 Å². The SMILES string of the molecule is CCCCCCCCC(C=Nc1ccc(CCCC)c(CCCC)c1)=Nc1ccc(CCCC)c(CCCC)c1.[Ni]. The molecule has 0 spiro atoms. The van der Waals surface area contributed by atoms with E-state index in [1.54, 1.807) is 0 Å². The van der Waals surface area contributed by atoms with Gasteiger partial charge in [0.05, 0.1) is 17.1 Å². The molecule has 0 radical (unpaired) electrons. The third-order valence-electron chi connectivity index (χ3n) is 8.00. The molecule has 0 unspecified atom stereocenters. The van der Waals surface area contributed by atoms with Crippen LogP contribution in [0.25, 0.3) is 0 Å². The van der Waals surface area contributed by atoms with Gasteiger partial charge in [-0.1, -0.05) is 105 Å². The first kappa shape index (κ1) is 37.3. The van der Waals surface area contributed by atoms with Gasteiger partial charge in [-0.25, -0.2) is 0 Å². The van der Waals surface area contributed by atoms with Gasteiger partial charge in [0.15, 0.2) is 0 Å². The first-order valence-corrected chi connectivity index (χ1v) is 17.0. The van der Waals surface area contributed by atoms with Crippen LogP contribution in [0.4, 0.5) is 11.4 Å². The van der Waals surface area contributed by atoms with Crippen molar-refractivity contribution in [2.45, 2.75) is 157 Å². The van der Waals surface area contributed by atoms with Gasteiger partial charge in [-0.15, -0.1) is 0 Å². The molecule has 3 heteroatoms. The summed E-state index contributed by atoms with van der Waals surface area (Å²) in [6.07, 6.45) is 25.5. The van der Waals surface area contributed by atoms with Crippen molar-refractivity contribution in [1.82, 2.24) is 0 Å². The summed E-state index contributed by atoms with van der Waals surface area (Å²) in [5.41, 5.74) is 9.29. The second-order valence-corrected chi connectivity index (χ2v) is 11.7. The maximum absolute atomic E-state index is 5.20. The van der Waals surface area contributed by atoms with Crippen LogP contribution in [0.3, 0.4) is 0 Å².